The number of hydrogen-bond acceptors (Lipinski definition) is 4. The van der Waals surface area contributed by atoms with Gasteiger partial charge in [0.15, 0.2) is 0 Å². The molecule has 6 nitrogen and oxygen atoms in total. The number of carbonyl (C=O) groups excluding carboxylic acids is 1. The number of allylic oxidation sites excluding steroid dienone is 1. The van der Waals surface area contributed by atoms with Crippen molar-refractivity contribution in [3.8, 4) is 0 Å². The molecule has 0 saturated carbocycles. The number of sulfonamides is 1. The summed E-state index contributed by atoms with van der Waals surface area (Å²) in [5, 5.41) is 12.0. The number of aliphatic hydroxyl groups excluding tert-OH is 1. The second kappa shape index (κ2) is 7.04. The Labute approximate surface area is 130 Å². The first-order chi connectivity index (χ1) is 10.5. The Morgan fingerprint density at radius 2 is 2.23 bits per heavy atom. The number of rotatable bonds is 6. The van der Waals surface area contributed by atoms with Crippen LogP contribution in [0.4, 0.5) is 0 Å². The molecule has 0 aromatic heterocycles. The summed E-state index contributed by atoms with van der Waals surface area (Å²) in [5.74, 6) is -0.258. The highest BCUT2D eigenvalue weighted by molar-refractivity contribution is 7.89. The van der Waals surface area contributed by atoms with E-state index in [0.717, 1.165) is 5.56 Å². The summed E-state index contributed by atoms with van der Waals surface area (Å²) in [6, 6.07) is 3.95. The first-order valence-electron chi connectivity index (χ1n) is 7.13. The lowest BCUT2D eigenvalue weighted by Gasteiger charge is -2.19. The minimum absolute atomic E-state index is 0.0298. The Balaban J connectivity index is 2.26. The molecule has 1 aliphatic rings. The van der Waals surface area contributed by atoms with Crippen LogP contribution in [0.25, 0.3) is 0 Å². The summed E-state index contributed by atoms with van der Waals surface area (Å²) in [6.07, 6.45) is 4.66. The van der Waals surface area contributed by atoms with Crippen molar-refractivity contribution in [1.82, 2.24) is 10.0 Å². The van der Waals surface area contributed by atoms with Crippen molar-refractivity contribution in [2.45, 2.75) is 30.7 Å². The largest absolute Gasteiger partial charge is 0.395 e. The molecule has 0 radical (unpaired) electrons. The first kappa shape index (κ1) is 16.7. The quantitative estimate of drug-likeness (QED) is 0.667. The van der Waals surface area contributed by atoms with E-state index in [4.69, 9.17) is 0 Å². The average molecular weight is 324 g/mol. The van der Waals surface area contributed by atoms with Crippen LogP contribution in [-0.4, -0.2) is 38.6 Å². The molecular formula is C15H20N2O4S. The summed E-state index contributed by atoms with van der Waals surface area (Å²) in [6.45, 7) is 2.09. The van der Waals surface area contributed by atoms with Crippen LogP contribution in [0.15, 0.2) is 35.2 Å². The highest BCUT2D eigenvalue weighted by Gasteiger charge is 2.23. The number of aliphatic hydroxyl groups is 1. The molecule has 1 heterocycles. The lowest BCUT2D eigenvalue weighted by molar-refractivity contribution is 0.0945. The Morgan fingerprint density at radius 3 is 2.91 bits per heavy atom. The second-order valence-electron chi connectivity index (χ2n) is 5.13. The normalized spacial score (nSPS) is 16.4. The highest BCUT2D eigenvalue weighted by atomic mass is 32.2. The minimum atomic E-state index is -3.78. The number of carbonyl (C=O) groups is 1. The van der Waals surface area contributed by atoms with E-state index in [1.807, 2.05) is 6.92 Å². The van der Waals surface area contributed by atoms with Gasteiger partial charge in [0.25, 0.3) is 5.91 Å². The molecule has 1 aromatic rings. The molecule has 1 aliphatic heterocycles. The number of hydrogen-bond donors (Lipinski definition) is 3. The van der Waals surface area contributed by atoms with Gasteiger partial charge in [0, 0.05) is 18.2 Å². The maximum absolute atomic E-state index is 12.4. The Kier molecular flexibility index (Phi) is 5.33. The van der Waals surface area contributed by atoms with Crippen LogP contribution >= 0.6 is 0 Å². The van der Waals surface area contributed by atoms with Crippen LogP contribution in [0.2, 0.25) is 0 Å². The van der Waals surface area contributed by atoms with Crippen LogP contribution < -0.4 is 10.0 Å². The molecule has 1 atom stereocenters. The molecule has 2 rings (SSSR count). The SMILES string of the molecule is C/C=C/CC(CO)NS(=O)(=O)c1ccc2c(c1)C(=O)NCC2. The van der Waals surface area contributed by atoms with E-state index < -0.39 is 16.1 Å². The fraction of sp³-hybridized carbons (Fsp3) is 0.400. The van der Waals surface area contributed by atoms with E-state index in [1.54, 1.807) is 18.2 Å². The third-order valence-electron chi connectivity index (χ3n) is 3.51. The van der Waals surface area contributed by atoms with Gasteiger partial charge in [-0.05, 0) is 37.5 Å². The van der Waals surface area contributed by atoms with Crippen molar-refractivity contribution in [3.63, 3.8) is 0 Å². The maximum atomic E-state index is 12.4. The van der Waals surface area contributed by atoms with Crippen molar-refractivity contribution < 1.29 is 18.3 Å². The van der Waals surface area contributed by atoms with Gasteiger partial charge in [-0.2, -0.15) is 0 Å². The van der Waals surface area contributed by atoms with Gasteiger partial charge in [0.1, 0.15) is 0 Å². The fourth-order valence-corrected chi connectivity index (χ4v) is 3.57. The summed E-state index contributed by atoms with van der Waals surface area (Å²) in [5.41, 5.74) is 1.23. The van der Waals surface area contributed by atoms with Gasteiger partial charge in [-0.25, -0.2) is 13.1 Å². The second-order valence-corrected chi connectivity index (χ2v) is 6.84. The van der Waals surface area contributed by atoms with Crippen LogP contribution in [-0.2, 0) is 16.4 Å². The van der Waals surface area contributed by atoms with Crippen molar-refractivity contribution >= 4 is 15.9 Å². The molecular weight excluding hydrogens is 304 g/mol. The predicted molar refractivity (Wildman–Crippen MR) is 83.1 cm³/mol. The zero-order valence-corrected chi connectivity index (χ0v) is 13.2. The zero-order valence-electron chi connectivity index (χ0n) is 12.4. The van der Waals surface area contributed by atoms with Crippen LogP contribution in [0.3, 0.4) is 0 Å². The smallest absolute Gasteiger partial charge is 0.251 e. The molecule has 7 heteroatoms. The first-order valence-corrected chi connectivity index (χ1v) is 8.61. The van der Waals surface area contributed by atoms with Crippen LogP contribution in [0, 0.1) is 0 Å². The lowest BCUT2D eigenvalue weighted by atomic mass is 10.0. The van der Waals surface area contributed by atoms with Crippen molar-refractivity contribution in [3.05, 3.63) is 41.5 Å². The Morgan fingerprint density at radius 1 is 1.45 bits per heavy atom. The summed E-state index contributed by atoms with van der Waals surface area (Å²) >= 11 is 0. The van der Waals surface area contributed by atoms with Crippen LogP contribution in [0.1, 0.15) is 29.3 Å². The van der Waals surface area contributed by atoms with Crippen LogP contribution in [0.5, 0.6) is 0 Å². The van der Waals surface area contributed by atoms with Crippen molar-refractivity contribution in [1.29, 1.82) is 0 Å². The van der Waals surface area contributed by atoms with Crippen molar-refractivity contribution in [2.75, 3.05) is 13.2 Å². The molecule has 1 amide bonds. The molecule has 0 spiro atoms. The number of amides is 1. The Hall–Kier alpha value is -1.70. The number of fused-ring (bicyclic) bond motifs is 1. The van der Waals surface area contributed by atoms with E-state index in [2.05, 4.69) is 10.0 Å². The molecule has 0 saturated heterocycles. The Bertz CT molecular complexity index is 683. The van der Waals surface area contributed by atoms with Crippen molar-refractivity contribution in [2.24, 2.45) is 0 Å². The molecule has 120 valence electrons. The highest BCUT2D eigenvalue weighted by Crippen LogP contribution is 2.19. The summed E-state index contributed by atoms with van der Waals surface area (Å²) in [4.78, 5) is 11.8. The standard InChI is InChI=1S/C15H20N2O4S/c1-2-3-4-12(10-18)17-22(20,21)13-6-5-11-7-8-16-15(19)14(11)9-13/h2-3,5-6,9,12,17-18H,4,7-8,10H2,1H3,(H,16,19)/b3-2+. The molecule has 0 fully saturated rings. The monoisotopic (exact) mass is 324 g/mol. The molecule has 0 aliphatic carbocycles. The molecule has 1 unspecified atom stereocenters. The van der Waals surface area contributed by atoms with E-state index >= 15 is 0 Å². The van der Waals surface area contributed by atoms with Gasteiger partial charge in [-0.1, -0.05) is 18.2 Å². The van der Waals surface area contributed by atoms with Gasteiger partial charge < -0.3 is 10.4 Å². The van der Waals surface area contributed by atoms with Gasteiger partial charge in [-0.15, -0.1) is 0 Å². The molecule has 22 heavy (non-hydrogen) atoms. The number of benzene rings is 1. The molecule has 0 bridgehead atoms. The number of nitrogens with one attached hydrogen (secondary N) is 2. The topological polar surface area (TPSA) is 95.5 Å². The zero-order chi connectivity index (χ0) is 16.2. The lowest BCUT2D eigenvalue weighted by Crippen LogP contribution is -2.37. The summed E-state index contributed by atoms with van der Waals surface area (Å²) < 4.78 is 27.2. The minimum Gasteiger partial charge on any atom is -0.395 e. The van der Waals surface area contributed by atoms with Gasteiger partial charge >= 0.3 is 0 Å². The molecule has 1 aromatic carbocycles. The van der Waals surface area contributed by atoms with Gasteiger partial charge in [0.05, 0.1) is 11.5 Å². The molecule has 3 N–H and O–H groups in total. The predicted octanol–water partition coefficient (Wildman–Crippen LogP) is 0.578. The van der Waals surface area contributed by atoms with Gasteiger partial charge in [-0.3, -0.25) is 4.79 Å². The van der Waals surface area contributed by atoms with E-state index in [-0.39, 0.29) is 17.4 Å². The fourth-order valence-electron chi connectivity index (χ4n) is 2.31. The maximum Gasteiger partial charge on any atom is 0.251 e. The van der Waals surface area contributed by atoms with Gasteiger partial charge in [0.2, 0.25) is 10.0 Å². The third kappa shape index (κ3) is 3.73. The third-order valence-corrected chi connectivity index (χ3v) is 5.03. The summed E-state index contributed by atoms with van der Waals surface area (Å²) in [7, 11) is -3.78. The van der Waals surface area contributed by atoms with E-state index in [0.29, 0.717) is 24.9 Å². The van der Waals surface area contributed by atoms with E-state index in [1.165, 1.54) is 12.1 Å². The average Bonchev–Trinajstić information content (AvgIpc) is 2.51. The van der Waals surface area contributed by atoms with E-state index in [9.17, 15) is 18.3 Å².